The predicted octanol–water partition coefficient (Wildman–Crippen LogP) is 1.47. The minimum Gasteiger partial charge on any atom is -0.466 e. The average Bonchev–Trinajstić information content (AvgIpc) is 2.31. The Morgan fingerprint density at radius 2 is 2.00 bits per heavy atom. The highest BCUT2D eigenvalue weighted by Gasteiger charge is 2.33. The van der Waals surface area contributed by atoms with Crippen molar-refractivity contribution in [3.63, 3.8) is 0 Å². The van der Waals surface area contributed by atoms with Crippen molar-refractivity contribution in [3.8, 4) is 0 Å². The number of hydrogen-bond acceptors (Lipinski definition) is 4. The molecule has 1 N–H and O–H groups in total. The van der Waals surface area contributed by atoms with Crippen molar-refractivity contribution >= 4 is 12.3 Å². The summed E-state index contributed by atoms with van der Waals surface area (Å²) in [7, 11) is 1.29. The van der Waals surface area contributed by atoms with Gasteiger partial charge in [0, 0.05) is 6.08 Å². The molecule has 1 atom stereocenters. The van der Waals surface area contributed by atoms with Crippen LogP contribution >= 0.6 is 0 Å². The van der Waals surface area contributed by atoms with E-state index in [0.29, 0.717) is 12.8 Å². The molecule has 0 aliphatic heterocycles. The molecule has 0 saturated heterocycles. The second kappa shape index (κ2) is 7.17. The number of rotatable bonds is 7. The lowest BCUT2D eigenvalue weighted by atomic mass is 9.77. The van der Waals surface area contributed by atoms with E-state index >= 15 is 0 Å². The van der Waals surface area contributed by atoms with Gasteiger partial charge in [-0.05, 0) is 19.3 Å². The van der Waals surface area contributed by atoms with E-state index in [1.165, 1.54) is 19.3 Å². The first-order valence-corrected chi connectivity index (χ1v) is 5.45. The van der Waals surface area contributed by atoms with E-state index in [2.05, 4.69) is 4.74 Å². The average molecular weight is 228 g/mol. The van der Waals surface area contributed by atoms with E-state index in [9.17, 15) is 14.7 Å². The van der Waals surface area contributed by atoms with Crippen LogP contribution in [0.1, 0.15) is 33.1 Å². The van der Waals surface area contributed by atoms with Crippen molar-refractivity contribution in [2.24, 2.45) is 5.41 Å². The minimum absolute atomic E-state index is 0.273. The molecular weight excluding hydrogens is 208 g/mol. The van der Waals surface area contributed by atoms with Crippen LogP contribution in [0.2, 0.25) is 0 Å². The van der Waals surface area contributed by atoms with Crippen LogP contribution in [0, 0.1) is 5.41 Å². The molecule has 4 nitrogen and oxygen atoms in total. The molecule has 0 heterocycles. The Labute approximate surface area is 96.3 Å². The summed E-state index contributed by atoms with van der Waals surface area (Å²) in [4.78, 5) is 21.8. The van der Waals surface area contributed by atoms with Gasteiger partial charge in [0.2, 0.25) is 0 Å². The second-order valence-corrected chi connectivity index (χ2v) is 3.74. The Morgan fingerprint density at radius 3 is 2.38 bits per heavy atom. The molecule has 0 aliphatic carbocycles. The molecule has 4 heteroatoms. The molecule has 0 saturated carbocycles. The van der Waals surface area contributed by atoms with Gasteiger partial charge in [0.15, 0.2) is 0 Å². The summed E-state index contributed by atoms with van der Waals surface area (Å²) < 4.78 is 4.42. The molecule has 0 aromatic rings. The Bertz CT molecular complexity index is 254. The number of carbonyl (C=O) groups is 2. The van der Waals surface area contributed by atoms with E-state index < -0.39 is 17.5 Å². The summed E-state index contributed by atoms with van der Waals surface area (Å²) >= 11 is 0. The normalized spacial score (nSPS) is 13.8. The van der Waals surface area contributed by atoms with Crippen LogP contribution < -0.4 is 0 Å². The molecule has 1 unspecified atom stereocenters. The number of hydrogen-bond donors (Lipinski definition) is 1. The molecule has 0 aromatic carbocycles. The van der Waals surface area contributed by atoms with Gasteiger partial charge in [-0.1, -0.05) is 19.9 Å². The summed E-state index contributed by atoms with van der Waals surface area (Å²) in [5.41, 5.74) is -0.708. The highest BCUT2D eigenvalue weighted by molar-refractivity contribution is 5.81. The first kappa shape index (κ1) is 14.8. The van der Waals surface area contributed by atoms with Gasteiger partial charge < -0.3 is 14.6 Å². The molecule has 0 spiro atoms. The van der Waals surface area contributed by atoms with Gasteiger partial charge in [-0.2, -0.15) is 0 Å². The van der Waals surface area contributed by atoms with Gasteiger partial charge in [-0.25, -0.2) is 4.79 Å². The van der Waals surface area contributed by atoms with E-state index in [1.807, 2.05) is 13.8 Å². The largest absolute Gasteiger partial charge is 0.466 e. The maximum absolute atomic E-state index is 11.0. The number of aldehydes is 1. The van der Waals surface area contributed by atoms with Crippen LogP contribution in [0.5, 0.6) is 0 Å². The first-order valence-electron chi connectivity index (χ1n) is 5.45. The van der Waals surface area contributed by atoms with Gasteiger partial charge in [-0.3, -0.25) is 0 Å². The maximum Gasteiger partial charge on any atom is 0.330 e. The molecule has 92 valence electrons. The lowest BCUT2D eigenvalue weighted by molar-refractivity contribution is -0.134. The molecule has 0 radical (unpaired) electrons. The molecule has 16 heavy (non-hydrogen) atoms. The van der Waals surface area contributed by atoms with Crippen molar-refractivity contribution in [1.82, 2.24) is 0 Å². The number of aliphatic hydroxyl groups excluding tert-OH is 1. The van der Waals surface area contributed by atoms with E-state index in [1.54, 1.807) is 0 Å². The molecule has 0 bridgehead atoms. The fourth-order valence-electron chi connectivity index (χ4n) is 1.56. The predicted molar refractivity (Wildman–Crippen MR) is 60.9 cm³/mol. The monoisotopic (exact) mass is 228 g/mol. The molecule has 0 amide bonds. The summed E-state index contributed by atoms with van der Waals surface area (Å²) in [6, 6.07) is 0. The first-order chi connectivity index (χ1) is 7.56. The number of esters is 1. The summed E-state index contributed by atoms with van der Waals surface area (Å²) in [6.07, 6.45) is 4.27. The maximum atomic E-state index is 11.0. The Hall–Kier alpha value is -1.16. The van der Waals surface area contributed by atoms with Crippen LogP contribution in [-0.4, -0.2) is 30.6 Å². The SMILES string of the molecule is CCC(C=O)(CC)C(O)CC=CC(=O)OC. The van der Waals surface area contributed by atoms with Crippen molar-refractivity contribution in [2.45, 2.75) is 39.2 Å². The van der Waals surface area contributed by atoms with E-state index in [-0.39, 0.29) is 6.42 Å². The van der Waals surface area contributed by atoms with Crippen molar-refractivity contribution < 1.29 is 19.4 Å². The van der Waals surface area contributed by atoms with Crippen molar-refractivity contribution in [1.29, 1.82) is 0 Å². The lowest BCUT2D eigenvalue weighted by Gasteiger charge is -2.30. The van der Waals surface area contributed by atoms with E-state index in [0.717, 1.165) is 6.29 Å². The van der Waals surface area contributed by atoms with Crippen LogP contribution in [-0.2, 0) is 14.3 Å². The van der Waals surface area contributed by atoms with Crippen LogP contribution in [0.4, 0.5) is 0 Å². The zero-order valence-electron chi connectivity index (χ0n) is 10.1. The smallest absolute Gasteiger partial charge is 0.330 e. The molecule has 0 aromatic heterocycles. The summed E-state index contributed by atoms with van der Waals surface area (Å²) in [5.74, 6) is -0.461. The number of ether oxygens (including phenoxy) is 1. The fraction of sp³-hybridized carbons (Fsp3) is 0.667. The van der Waals surface area contributed by atoms with Gasteiger partial charge in [0.05, 0.1) is 18.6 Å². The molecule has 0 fully saturated rings. The van der Waals surface area contributed by atoms with Gasteiger partial charge in [0.25, 0.3) is 0 Å². The number of carbonyl (C=O) groups excluding carboxylic acids is 2. The van der Waals surface area contributed by atoms with Gasteiger partial charge >= 0.3 is 5.97 Å². The summed E-state index contributed by atoms with van der Waals surface area (Å²) in [5, 5.41) is 9.91. The minimum atomic E-state index is -0.763. The lowest BCUT2D eigenvalue weighted by Crippen LogP contribution is -2.35. The zero-order valence-corrected chi connectivity index (χ0v) is 10.1. The third-order valence-electron chi connectivity index (χ3n) is 3.03. The Balaban J connectivity index is 4.43. The van der Waals surface area contributed by atoms with Gasteiger partial charge in [-0.15, -0.1) is 0 Å². The van der Waals surface area contributed by atoms with Crippen molar-refractivity contribution in [3.05, 3.63) is 12.2 Å². The third-order valence-corrected chi connectivity index (χ3v) is 3.03. The highest BCUT2D eigenvalue weighted by atomic mass is 16.5. The standard InChI is InChI=1S/C12H20O4/c1-4-12(5-2,9-13)10(14)7-6-8-11(15)16-3/h6,8-10,14H,4-5,7H2,1-3H3. The second-order valence-electron chi connectivity index (χ2n) is 3.74. The quantitative estimate of drug-likeness (QED) is 0.407. The van der Waals surface area contributed by atoms with Gasteiger partial charge in [0.1, 0.15) is 6.29 Å². The third kappa shape index (κ3) is 3.77. The summed E-state index contributed by atoms with van der Waals surface area (Å²) in [6.45, 7) is 3.73. The van der Waals surface area contributed by atoms with Crippen LogP contribution in [0.15, 0.2) is 12.2 Å². The van der Waals surface area contributed by atoms with E-state index in [4.69, 9.17) is 0 Å². The Morgan fingerprint density at radius 1 is 1.44 bits per heavy atom. The van der Waals surface area contributed by atoms with Crippen LogP contribution in [0.3, 0.4) is 0 Å². The number of methoxy groups -OCH3 is 1. The Kier molecular flexibility index (Phi) is 6.65. The topological polar surface area (TPSA) is 63.6 Å². The highest BCUT2D eigenvalue weighted by Crippen LogP contribution is 2.30. The van der Waals surface area contributed by atoms with Crippen molar-refractivity contribution in [2.75, 3.05) is 7.11 Å². The number of aliphatic hydroxyl groups is 1. The van der Waals surface area contributed by atoms with Crippen LogP contribution in [0.25, 0.3) is 0 Å². The molecule has 0 aliphatic rings. The fourth-order valence-corrected chi connectivity index (χ4v) is 1.56. The zero-order chi connectivity index (χ0) is 12.6. The molecular formula is C12H20O4. The molecule has 0 rings (SSSR count).